The highest BCUT2D eigenvalue weighted by atomic mass is 79.9. The van der Waals surface area contributed by atoms with Crippen molar-refractivity contribution in [2.75, 3.05) is 18.0 Å². The fourth-order valence-electron chi connectivity index (χ4n) is 7.92. The molecule has 1 aliphatic heterocycles. The van der Waals surface area contributed by atoms with Crippen molar-refractivity contribution in [2.24, 2.45) is 23.2 Å². The van der Waals surface area contributed by atoms with Crippen LogP contribution in [0.2, 0.25) is 0 Å². The second-order valence-corrected chi connectivity index (χ2v) is 19.6. The molecule has 0 aromatic heterocycles. The number of esters is 1. The topological polar surface area (TPSA) is 91.7 Å². The molecular weight excluding hydrogens is 1000 g/mol. The van der Waals surface area contributed by atoms with Crippen LogP contribution >= 0.6 is 31.9 Å². The highest BCUT2D eigenvalue weighted by Crippen LogP contribution is 2.60. The van der Waals surface area contributed by atoms with Gasteiger partial charge in [0.05, 0.1) is 26.5 Å². The Morgan fingerprint density at radius 2 is 1.43 bits per heavy atom. The van der Waals surface area contributed by atoms with Crippen molar-refractivity contribution in [3.05, 3.63) is 134 Å². The third kappa shape index (κ3) is 11.7. The number of ether oxygens (including phenoxy) is 2. The molecule has 1 unspecified atom stereocenters. The number of alkyl halides is 9. The van der Waals surface area contributed by atoms with Crippen molar-refractivity contribution < 1.29 is 58.6 Å². The standard InChI is InChI=1S/C25H23F9N2O.C22H19Br2NO3/c1-14(35-21(37)16-2-3-16)15-4-6-20(7-5-15)36-9-8-22(13-36,25(32,33)34)17-10-18(23(26,27)28)12-19(11-17)24(29,30)31;1-22(2)17(12-19(23)24)20(22)21(26)28-18(13-25)14-7-6-10-16(11-14)27-15-8-4-3-5-9-15/h4-7,10-12,14,16H,2-3,8-9,13H2,1H3,(H,35,37);3-12,17-18,20H,1-2H3/t14-,22?;17-,18+,20-/m00/s1. The summed E-state index contributed by atoms with van der Waals surface area (Å²) in [6.07, 6.45) is -13.7. The second-order valence-electron chi connectivity index (χ2n) is 16.9. The first-order valence-electron chi connectivity index (χ1n) is 20.3. The van der Waals surface area contributed by atoms with E-state index >= 15 is 0 Å². The number of hydrogen-bond donors (Lipinski definition) is 1. The molecule has 4 aromatic carbocycles. The largest absolute Gasteiger partial charge is 0.457 e. The summed E-state index contributed by atoms with van der Waals surface area (Å²) in [5, 5.41) is 12.4. The molecular formula is C47H42Br2F9N3O4. The highest BCUT2D eigenvalue weighted by molar-refractivity contribution is 9.28. The predicted molar refractivity (Wildman–Crippen MR) is 231 cm³/mol. The first-order valence-corrected chi connectivity index (χ1v) is 21.9. The Morgan fingerprint density at radius 3 is 1.97 bits per heavy atom. The number of nitrogens with zero attached hydrogens (tertiary/aromatic N) is 2. The first kappa shape index (κ1) is 49.4. The van der Waals surface area contributed by atoms with E-state index in [-0.39, 0.29) is 65.8 Å². The molecule has 0 spiro atoms. The lowest BCUT2D eigenvalue weighted by atomic mass is 9.77. The number of allylic oxidation sites excluding steroid dienone is 1. The molecule has 1 amide bonds. The number of hydrogen-bond acceptors (Lipinski definition) is 6. The third-order valence-electron chi connectivity index (χ3n) is 12.0. The molecule has 0 radical (unpaired) electrons. The fraction of sp³-hybridized carbons (Fsp3) is 0.383. The third-order valence-corrected chi connectivity index (χ3v) is 12.5. The van der Waals surface area contributed by atoms with Crippen molar-refractivity contribution >= 4 is 49.4 Å². The van der Waals surface area contributed by atoms with Crippen LogP contribution in [0.4, 0.5) is 45.2 Å². The molecule has 3 fully saturated rings. The molecule has 18 heteroatoms. The maximum Gasteiger partial charge on any atom is 0.416 e. The van der Waals surface area contributed by atoms with Crippen LogP contribution in [0.5, 0.6) is 11.5 Å². The van der Waals surface area contributed by atoms with Gasteiger partial charge in [0.2, 0.25) is 12.0 Å². The fourth-order valence-corrected chi connectivity index (χ4v) is 8.49. The van der Waals surface area contributed by atoms with Gasteiger partial charge in [0.1, 0.15) is 23.0 Å². The van der Waals surface area contributed by atoms with Crippen molar-refractivity contribution in [1.82, 2.24) is 5.32 Å². The number of amides is 1. The Labute approximate surface area is 386 Å². The first-order chi connectivity index (χ1) is 30.3. The number of para-hydroxylation sites is 1. The zero-order chi connectivity index (χ0) is 47.7. The molecule has 65 heavy (non-hydrogen) atoms. The monoisotopic (exact) mass is 1040 g/mol. The highest BCUT2D eigenvalue weighted by Gasteiger charge is 2.62. The van der Waals surface area contributed by atoms with E-state index in [9.17, 15) is 54.4 Å². The van der Waals surface area contributed by atoms with E-state index in [1.54, 1.807) is 43.3 Å². The lowest BCUT2D eigenvalue weighted by Gasteiger charge is -2.33. The van der Waals surface area contributed by atoms with Crippen molar-refractivity contribution in [3.8, 4) is 17.6 Å². The SMILES string of the molecule is CC1(C)[C@H](C(=O)O[C@H](C#N)c2cccc(Oc3ccccc3)c2)[C@@H]1C=C(Br)Br.C[C@H](NC(=O)C1CC1)c1ccc(N2CCC(c3cc(C(F)(F)F)cc(C(F)(F)F)c3)(C(F)(F)F)C2)cc1. The van der Waals surface area contributed by atoms with Gasteiger partial charge in [-0.05, 0) is 135 Å². The predicted octanol–water partition coefficient (Wildman–Crippen LogP) is 13.5. The van der Waals surface area contributed by atoms with Gasteiger partial charge in [-0.25, -0.2) is 0 Å². The molecule has 1 saturated heterocycles. The summed E-state index contributed by atoms with van der Waals surface area (Å²) in [5.74, 6) is 0.600. The molecule has 0 bridgehead atoms. The van der Waals surface area contributed by atoms with Gasteiger partial charge >= 0.3 is 24.5 Å². The average Bonchev–Trinajstić information content (AvgIpc) is 4.12. The van der Waals surface area contributed by atoms with E-state index in [2.05, 4.69) is 43.2 Å². The minimum absolute atomic E-state index is 0.00414. The number of carbonyl (C=O) groups is 2. The van der Waals surface area contributed by atoms with Crippen molar-refractivity contribution in [3.63, 3.8) is 0 Å². The number of anilines is 1. The van der Waals surface area contributed by atoms with E-state index in [0.717, 1.165) is 16.2 Å². The number of halogens is 11. The molecule has 2 aliphatic carbocycles. The van der Waals surface area contributed by atoms with Gasteiger partial charge in [0.15, 0.2) is 0 Å². The van der Waals surface area contributed by atoms with Gasteiger partial charge < -0.3 is 19.7 Å². The van der Waals surface area contributed by atoms with Crippen LogP contribution in [0, 0.1) is 34.5 Å². The number of nitriles is 1. The van der Waals surface area contributed by atoms with Gasteiger partial charge in [-0.2, -0.15) is 44.8 Å². The normalized spacial score (nSPS) is 21.2. The van der Waals surface area contributed by atoms with E-state index in [0.29, 0.717) is 28.3 Å². The lowest BCUT2D eigenvalue weighted by Crippen LogP contribution is -2.45. The van der Waals surface area contributed by atoms with Crippen molar-refractivity contribution in [2.45, 2.75) is 76.1 Å². The van der Waals surface area contributed by atoms with E-state index in [1.807, 2.05) is 50.3 Å². The van der Waals surface area contributed by atoms with Crippen LogP contribution in [-0.2, 0) is 32.1 Å². The van der Waals surface area contributed by atoms with Crippen LogP contribution in [0.1, 0.15) is 80.0 Å². The Hall–Kier alpha value is -5.02. The lowest BCUT2D eigenvalue weighted by molar-refractivity contribution is -0.185. The van der Waals surface area contributed by atoms with Crippen LogP contribution in [-0.4, -0.2) is 31.1 Å². The van der Waals surface area contributed by atoms with Crippen LogP contribution in [0.15, 0.2) is 107 Å². The zero-order valence-corrected chi connectivity index (χ0v) is 38.1. The number of nitrogens with one attached hydrogen (secondary N) is 1. The van der Waals surface area contributed by atoms with Gasteiger partial charge in [-0.1, -0.05) is 62.4 Å². The summed E-state index contributed by atoms with van der Waals surface area (Å²) >= 11 is 6.68. The molecule has 1 N–H and O–H groups in total. The molecule has 3 aliphatic rings. The number of benzene rings is 4. The van der Waals surface area contributed by atoms with Crippen LogP contribution in [0.25, 0.3) is 0 Å². The van der Waals surface area contributed by atoms with Gasteiger partial charge in [0.25, 0.3) is 0 Å². The minimum atomic E-state index is -5.26. The summed E-state index contributed by atoms with van der Waals surface area (Å²) < 4.78 is 135. The minimum Gasteiger partial charge on any atom is -0.457 e. The van der Waals surface area contributed by atoms with Gasteiger partial charge in [-0.3, -0.25) is 9.59 Å². The molecule has 1 heterocycles. The summed E-state index contributed by atoms with van der Waals surface area (Å²) in [6, 6.07) is 24.6. The Bertz CT molecular complexity index is 2400. The van der Waals surface area contributed by atoms with E-state index in [1.165, 1.54) is 17.0 Å². The van der Waals surface area contributed by atoms with Crippen LogP contribution < -0.4 is 15.0 Å². The number of rotatable bonds is 11. The molecule has 7 rings (SSSR count). The van der Waals surface area contributed by atoms with Crippen LogP contribution in [0.3, 0.4) is 0 Å². The van der Waals surface area contributed by atoms with Gasteiger partial charge in [-0.15, -0.1) is 0 Å². The molecule has 2 saturated carbocycles. The maximum absolute atomic E-state index is 14.4. The number of carbonyl (C=O) groups excluding carboxylic acids is 2. The Kier molecular flexibility index (Phi) is 14.5. The maximum atomic E-state index is 14.4. The quantitative estimate of drug-likeness (QED) is 0.119. The molecule has 7 nitrogen and oxygen atoms in total. The average molecular weight is 1040 g/mol. The Morgan fingerprint density at radius 1 is 0.831 bits per heavy atom. The molecule has 346 valence electrons. The van der Waals surface area contributed by atoms with Gasteiger partial charge in [0, 0.05) is 30.3 Å². The van der Waals surface area contributed by atoms with Crippen molar-refractivity contribution in [1.29, 1.82) is 5.26 Å². The summed E-state index contributed by atoms with van der Waals surface area (Å²) in [7, 11) is 0. The smallest absolute Gasteiger partial charge is 0.416 e. The molecule has 5 atom stereocenters. The summed E-state index contributed by atoms with van der Waals surface area (Å²) in [4.78, 5) is 25.9. The zero-order valence-electron chi connectivity index (χ0n) is 34.9. The van der Waals surface area contributed by atoms with E-state index < -0.39 is 59.7 Å². The summed E-state index contributed by atoms with van der Waals surface area (Å²) in [5.41, 5.74) is -6.17. The summed E-state index contributed by atoms with van der Waals surface area (Å²) in [6.45, 7) is 4.70. The Balaban J connectivity index is 0.000000224. The second kappa shape index (κ2) is 19.1. The molecule has 4 aromatic rings. The van der Waals surface area contributed by atoms with E-state index in [4.69, 9.17) is 9.47 Å².